The Morgan fingerprint density at radius 3 is 2.47 bits per heavy atom. The average molecular weight is 249 g/mol. The summed E-state index contributed by atoms with van der Waals surface area (Å²) in [6.45, 7) is 3.25. The van der Waals surface area contributed by atoms with Crippen LogP contribution in [0, 0.1) is 34.0 Å². The second-order valence-electron chi connectivity index (χ2n) is 3.27. The number of rotatable bonds is 3. The molecular formula is C14H7N3O2. The molecular weight excluding hydrogens is 242 g/mol. The highest BCUT2D eigenvalue weighted by Crippen LogP contribution is 2.21. The molecule has 19 heavy (non-hydrogen) atoms. The van der Waals surface area contributed by atoms with Crippen LogP contribution in [-0.4, -0.2) is 5.97 Å². The molecule has 0 saturated carbocycles. The summed E-state index contributed by atoms with van der Waals surface area (Å²) >= 11 is 0. The highest BCUT2D eigenvalue weighted by molar-refractivity contribution is 5.84. The van der Waals surface area contributed by atoms with Gasteiger partial charge in [-0.05, 0) is 23.8 Å². The first-order valence-electron chi connectivity index (χ1n) is 5.05. The number of allylic oxidation sites excluding steroid dienone is 1. The van der Waals surface area contributed by atoms with Crippen molar-refractivity contribution >= 4 is 12.0 Å². The van der Waals surface area contributed by atoms with Crippen LogP contribution >= 0.6 is 0 Å². The lowest BCUT2D eigenvalue weighted by molar-refractivity contribution is -0.128. The van der Waals surface area contributed by atoms with E-state index in [1.54, 1.807) is 18.2 Å². The van der Waals surface area contributed by atoms with Crippen molar-refractivity contribution in [1.29, 1.82) is 15.8 Å². The minimum Gasteiger partial charge on any atom is -0.422 e. The molecule has 0 atom stereocenters. The molecule has 0 bridgehead atoms. The van der Waals surface area contributed by atoms with Crippen LogP contribution in [0.3, 0.4) is 0 Å². The van der Waals surface area contributed by atoms with Crippen LogP contribution in [0.5, 0.6) is 5.75 Å². The van der Waals surface area contributed by atoms with Gasteiger partial charge < -0.3 is 4.74 Å². The van der Waals surface area contributed by atoms with Gasteiger partial charge in [0.2, 0.25) is 0 Å². The number of nitrogens with zero attached hydrogens (tertiary/aromatic N) is 3. The van der Waals surface area contributed by atoms with Gasteiger partial charge >= 0.3 is 5.97 Å². The van der Waals surface area contributed by atoms with E-state index in [-0.39, 0.29) is 16.9 Å². The predicted octanol–water partition coefficient (Wildman–Crippen LogP) is 2.08. The maximum atomic E-state index is 11.1. The largest absolute Gasteiger partial charge is 0.422 e. The van der Waals surface area contributed by atoms with Crippen LogP contribution in [0.1, 0.15) is 11.1 Å². The number of nitriles is 3. The molecule has 0 N–H and O–H groups in total. The summed E-state index contributed by atoms with van der Waals surface area (Å²) in [6.07, 6.45) is 2.30. The van der Waals surface area contributed by atoms with Gasteiger partial charge in [0, 0.05) is 6.08 Å². The van der Waals surface area contributed by atoms with Crippen molar-refractivity contribution in [1.82, 2.24) is 0 Å². The van der Waals surface area contributed by atoms with E-state index < -0.39 is 5.97 Å². The summed E-state index contributed by atoms with van der Waals surface area (Å²) in [5, 5.41) is 26.2. The molecule has 0 saturated heterocycles. The molecule has 0 radical (unpaired) electrons. The van der Waals surface area contributed by atoms with Crippen molar-refractivity contribution in [3.8, 4) is 24.0 Å². The number of esters is 1. The van der Waals surface area contributed by atoms with E-state index in [0.717, 1.165) is 6.08 Å². The molecule has 1 aromatic carbocycles. The van der Waals surface area contributed by atoms with E-state index in [0.29, 0.717) is 5.56 Å². The van der Waals surface area contributed by atoms with Gasteiger partial charge in [-0.1, -0.05) is 12.6 Å². The summed E-state index contributed by atoms with van der Waals surface area (Å²) in [5.74, 6) is -0.644. The fourth-order valence-corrected chi connectivity index (χ4v) is 1.21. The van der Waals surface area contributed by atoms with Crippen molar-refractivity contribution in [3.63, 3.8) is 0 Å². The Labute approximate surface area is 109 Å². The van der Waals surface area contributed by atoms with Crippen LogP contribution < -0.4 is 4.74 Å². The van der Waals surface area contributed by atoms with E-state index >= 15 is 0 Å². The van der Waals surface area contributed by atoms with E-state index in [1.807, 2.05) is 6.07 Å². The number of carbonyl (C=O) groups excluding carboxylic acids is 1. The molecule has 0 amide bonds. The molecule has 5 heteroatoms. The second-order valence-corrected chi connectivity index (χ2v) is 3.27. The number of ether oxygens (including phenoxy) is 1. The van der Waals surface area contributed by atoms with E-state index in [2.05, 4.69) is 6.58 Å². The third-order valence-corrected chi connectivity index (χ3v) is 2.06. The quantitative estimate of drug-likeness (QED) is 0.353. The van der Waals surface area contributed by atoms with Crippen LogP contribution in [0.4, 0.5) is 0 Å². The number of carbonyl (C=O) groups is 1. The van der Waals surface area contributed by atoms with Gasteiger partial charge in [-0.3, -0.25) is 0 Å². The van der Waals surface area contributed by atoms with Crippen LogP contribution in [0.15, 0.2) is 36.4 Å². The number of hydrogen-bond donors (Lipinski definition) is 0. The Balaban J connectivity index is 3.24. The summed E-state index contributed by atoms with van der Waals surface area (Å²) < 4.78 is 4.90. The normalized spacial score (nSPS) is 8.26. The highest BCUT2D eigenvalue weighted by atomic mass is 16.5. The molecule has 0 aliphatic carbocycles. The third kappa shape index (κ3) is 3.56. The Bertz CT molecular complexity index is 666. The van der Waals surface area contributed by atoms with Crippen LogP contribution in [0.25, 0.3) is 6.08 Å². The van der Waals surface area contributed by atoms with Gasteiger partial charge in [-0.15, -0.1) is 0 Å². The molecule has 1 aromatic rings. The molecule has 0 fully saturated rings. The minimum absolute atomic E-state index is 0.0522. The Kier molecular flexibility index (Phi) is 4.61. The lowest BCUT2D eigenvalue weighted by atomic mass is 10.1. The van der Waals surface area contributed by atoms with E-state index in [9.17, 15) is 4.79 Å². The predicted molar refractivity (Wildman–Crippen MR) is 66.2 cm³/mol. The standard InChI is InChI=1S/C14H7N3O2/c1-2-14(18)19-13-6-10(3-4-12(13)9-17)5-11(7-15)8-16/h2-6H,1H2. The molecule has 90 valence electrons. The van der Waals surface area contributed by atoms with Crippen molar-refractivity contribution in [2.75, 3.05) is 0 Å². The smallest absolute Gasteiger partial charge is 0.335 e. The summed E-state index contributed by atoms with van der Waals surface area (Å²) in [4.78, 5) is 11.1. The molecule has 0 heterocycles. The zero-order valence-electron chi connectivity index (χ0n) is 9.75. The first-order valence-corrected chi connectivity index (χ1v) is 5.05. The van der Waals surface area contributed by atoms with Crippen molar-refractivity contribution in [3.05, 3.63) is 47.6 Å². The summed E-state index contributed by atoms with van der Waals surface area (Å²) in [6, 6.07) is 9.67. The number of hydrogen-bond acceptors (Lipinski definition) is 5. The van der Waals surface area contributed by atoms with Crippen LogP contribution in [-0.2, 0) is 4.79 Å². The molecule has 0 spiro atoms. The second kappa shape index (κ2) is 6.39. The number of benzene rings is 1. The molecule has 5 nitrogen and oxygen atoms in total. The monoisotopic (exact) mass is 249 g/mol. The van der Waals surface area contributed by atoms with Gasteiger partial charge in [-0.25, -0.2) is 4.79 Å². The van der Waals surface area contributed by atoms with E-state index in [4.69, 9.17) is 20.5 Å². The van der Waals surface area contributed by atoms with Crippen molar-refractivity contribution in [2.24, 2.45) is 0 Å². The van der Waals surface area contributed by atoms with Gasteiger partial charge in [0.25, 0.3) is 0 Å². The zero-order chi connectivity index (χ0) is 14.3. The lowest BCUT2D eigenvalue weighted by Gasteiger charge is -2.04. The van der Waals surface area contributed by atoms with Gasteiger partial charge in [0.1, 0.15) is 29.5 Å². The topological polar surface area (TPSA) is 97.7 Å². The average Bonchev–Trinajstić information content (AvgIpc) is 2.44. The molecule has 0 aliphatic rings. The summed E-state index contributed by atoms with van der Waals surface area (Å²) in [5.41, 5.74) is 0.553. The maximum absolute atomic E-state index is 11.1. The zero-order valence-corrected chi connectivity index (χ0v) is 9.75. The first kappa shape index (κ1) is 13.7. The highest BCUT2D eigenvalue weighted by Gasteiger charge is 2.08. The third-order valence-electron chi connectivity index (χ3n) is 2.06. The Morgan fingerprint density at radius 1 is 1.26 bits per heavy atom. The molecule has 0 aromatic heterocycles. The first-order chi connectivity index (χ1) is 9.14. The molecule has 0 unspecified atom stereocenters. The fraction of sp³-hybridized carbons (Fsp3) is 0. The van der Waals surface area contributed by atoms with Gasteiger partial charge in [-0.2, -0.15) is 15.8 Å². The van der Waals surface area contributed by atoms with Crippen LogP contribution in [0.2, 0.25) is 0 Å². The molecule has 0 aliphatic heterocycles. The molecule has 1 rings (SSSR count). The van der Waals surface area contributed by atoms with Gasteiger partial charge in [0.15, 0.2) is 0 Å². The fourth-order valence-electron chi connectivity index (χ4n) is 1.21. The van der Waals surface area contributed by atoms with E-state index in [1.165, 1.54) is 18.2 Å². The summed E-state index contributed by atoms with van der Waals surface area (Å²) in [7, 11) is 0. The van der Waals surface area contributed by atoms with Crippen molar-refractivity contribution in [2.45, 2.75) is 0 Å². The SMILES string of the molecule is C=CC(=O)Oc1cc(C=C(C#N)C#N)ccc1C#N. The maximum Gasteiger partial charge on any atom is 0.335 e. The minimum atomic E-state index is -0.696. The Morgan fingerprint density at radius 2 is 1.95 bits per heavy atom. The lowest BCUT2D eigenvalue weighted by Crippen LogP contribution is -2.04. The van der Waals surface area contributed by atoms with Crippen molar-refractivity contribution < 1.29 is 9.53 Å². The Hall–Kier alpha value is -3.36. The van der Waals surface area contributed by atoms with Gasteiger partial charge in [0.05, 0.1) is 5.56 Å².